The van der Waals surface area contributed by atoms with Crippen LogP contribution in [0, 0.1) is 11.3 Å². The van der Waals surface area contributed by atoms with Crippen molar-refractivity contribution in [2.75, 3.05) is 0 Å². The maximum Gasteiger partial charge on any atom is 0.372 e. The second-order valence-electron chi connectivity index (χ2n) is 4.09. The van der Waals surface area contributed by atoms with E-state index in [1.54, 1.807) is 0 Å². The molecule has 13 heavy (non-hydrogen) atoms. The van der Waals surface area contributed by atoms with Crippen molar-refractivity contribution in [2.45, 2.75) is 26.7 Å². The quantitative estimate of drug-likeness (QED) is 0.521. The molecule has 3 heteroatoms. The molecule has 1 fully saturated rings. The highest BCUT2D eigenvalue weighted by Gasteiger charge is 2.44. The van der Waals surface area contributed by atoms with Crippen LogP contribution in [0.5, 0.6) is 0 Å². The molecule has 0 radical (unpaired) electrons. The molecular formula is C10H14O3. The highest BCUT2D eigenvalue weighted by Crippen LogP contribution is 2.46. The van der Waals surface area contributed by atoms with Gasteiger partial charge in [0.05, 0.1) is 0 Å². The molecule has 72 valence electrons. The first kappa shape index (κ1) is 9.96. The number of carboxylic acids is 1. The van der Waals surface area contributed by atoms with Crippen LogP contribution in [0.15, 0.2) is 12.2 Å². The Kier molecular flexibility index (Phi) is 2.28. The monoisotopic (exact) mass is 182 g/mol. The second-order valence-corrected chi connectivity index (χ2v) is 4.09. The van der Waals surface area contributed by atoms with Gasteiger partial charge in [-0.05, 0) is 18.3 Å². The van der Waals surface area contributed by atoms with Gasteiger partial charge in [-0.1, -0.05) is 26.0 Å². The van der Waals surface area contributed by atoms with Gasteiger partial charge in [-0.3, -0.25) is 4.79 Å². The van der Waals surface area contributed by atoms with Crippen LogP contribution in [0.3, 0.4) is 0 Å². The summed E-state index contributed by atoms with van der Waals surface area (Å²) < 4.78 is 0. The lowest BCUT2D eigenvalue weighted by molar-refractivity contribution is -0.152. The minimum atomic E-state index is -1.33. The molecule has 1 aliphatic carbocycles. The van der Waals surface area contributed by atoms with E-state index in [1.807, 2.05) is 13.8 Å². The number of Topliss-reactive ketones (excluding diaryl/α,β-unsaturated/α-hetero) is 1. The molecule has 1 saturated carbocycles. The molecule has 0 amide bonds. The highest BCUT2D eigenvalue weighted by molar-refractivity contribution is 6.33. The van der Waals surface area contributed by atoms with Crippen LogP contribution in [0.25, 0.3) is 0 Å². The molecule has 0 unspecified atom stereocenters. The van der Waals surface area contributed by atoms with E-state index in [2.05, 4.69) is 6.58 Å². The predicted molar refractivity (Wildman–Crippen MR) is 48.3 cm³/mol. The summed E-state index contributed by atoms with van der Waals surface area (Å²) >= 11 is 0. The Bertz CT molecular complexity index is 276. The van der Waals surface area contributed by atoms with Gasteiger partial charge in [-0.15, -0.1) is 0 Å². The molecule has 3 nitrogen and oxygen atoms in total. The molecule has 0 aromatic carbocycles. The van der Waals surface area contributed by atoms with E-state index < -0.39 is 17.7 Å². The van der Waals surface area contributed by atoms with Crippen molar-refractivity contribution in [1.82, 2.24) is 0 Å². The minimum Gasteiger partial charge on any atom is -0.475 e. The fourth-order valence-electron chi connectivity index (χ4n) is 1.86. The Morgan fingerprint density at radius 2 is 2.08 bits per heavy atom. The van der Waals surface area contributed by atoms with Crippen LogP contribution in [0.4, 0.5) is 0 Å². The van der Waals surface area contributed by atoms with E-state index in [0.29, 0.717) is 6.42 Å². The van der Waals surface area contributed by atoms with Gasteiger partial charge in [-0.25, -0.2) is 4.79 Å². The van der Waals surface area contributed by atoms with Crippen molar-refractivity contribution in [2.24, 2.45) is 11.3 Å². The van der Waals surface area contributed by atoms with E-state index in [0.717, 1.165) is 12.0 Å². The van der Waals surface area contributed by atoms with Crippen molar-refractivity contribution >= 4 is 11.8 Å². The first-order valence-corrected chi connectivity index (χ1v) is 4.32. The van der Waals surface area contributed by atoms with E-state index in [-0.39, 0.29) is 5.41 Å². The average molecular weight is 182 g/mol. The van der Waals surface area contributed by atoms with Crippen LogP contribution in [-0.2, 0) is 9.59 Å². The fourth-order valence-corrected chi connectivity index (χ4v) is 1.86. The van der Waals surface area contributed by atoms with Gasteiger partial charge >= 0.3 is 5.97 Å². The molecule has 0 aromatic heterocycles. The normalized spacial score (nSPS) is 26.0. The number of carbonyl (C=O) groups excluding carboxylic acids is 1. The molecule has 1 N–H and O–H groups in total. The number of carbonyl (C=O) groups is 2. The van der Waals surface area contributed by atoms with Crippen LogP contribution in [0.1, 0.15) is 26.7 Å². The standard InChI is InChI=1S/C10H14O3/c1-6-4-5-7(10(6,2)3)8(11)9(12)13/h7H,1,4-5H2,2-3H3,(H,12,13)/t7-/m0/s1. The maximum absolute atomic E-state index is 11.3. The molecule has 0 aliphatic heterocycles. The minimum absolute atomic E-state index is 0.352. The van der Waals surface area contributed by atoms with Crippen molar-refractivity contribution in [3.63, 3.8) is 0 Å². The number of carboxylic acid groups (broad SMARTS) is 1. The average Bonchev–Trinajstić information content (AvgIpc) is 2.26. The Labute approximate surface area is 77.4 Å². The lowest BCUT2D eigenvalue weighted by Gasteiger charge is -2.25. The third-order valence-electron chi connectivity index (χ3n) is 3.04. The van der Waals surface area contributed by atoms with E-state index >= 15 is 0 Å². The molecule has 1 rings (SSSR count). The lowest BCUT2D eigenvalue weighted by atomic mass is 9.77. The van der Waals surface area contributed by atoms with Crippen molar-refractivity contribution in [3.05, 3.63) is 12.2 Å². The number of hydrogen-bond acceptors (Lipinski definition) is 2. The van der Waals surface area contributed by atoms with Gasteiger partial charge in [0, 0.05) is 5.92 Å². The Morgan fingerprint density at radius 3 is 2.38 bits per heavy atom. The zero-order valence-corrected chi connectivity index (χ0v) is 7.96. The summed E-state index contributed by atoms with van der Waals surface area (Å²) in [6.45, 7) is 7.62. The van der Waals surface area contributed by atoms with Gasteiger partial charge < -0.3 is 5.11 Å². The highest BCUT2D eigenvalue weighted by atomic mass is 16.4. The van der Waals surface area contributed by atoms with Crippen molar-refractivity contribution < 1.29 is 14.7 Å². The van der Waals surface area contributed by atoms with Gasteiger partial charge in [0.2, 0.25) is 5.78 Å². The summed E-state index contributed by atoms with van der Waals surface area (Å²) in [7, 11) is 0. The van der Waals surface area contributed by atoms with Crippen molar-refractivity contribution in [1.29, 1.82) is 0 Å². The largest absolute Gasteiger partial charge is 0.475 e. The van der Waals surface area contributed by atoms with Crippen LogP contribution >= 0.6 is 0 Å². The number of aliphatic carboxylic acids is 1. The molecule has 0 heterocycles. The smallest absolute Gasteiger partial charge is 0.372 e. The zero-order valence-electron chi connectivity index (χ0n) is 7.96. The Balaban J connectivity index is 2.90. The second kappa shape index (κ2) is 2.98. The van der Waals surface area contributed by atoms with Crippen LogP contribution < -0.4 is 0 Å². The Morgan fingerprint density at radius 1 is 1.54 bits per heavy atom. The van der Waals surface area contributed by atoms with E-state index in [4.69, 9.17) is 5.11 Å². The zero-order chi connectivity index (χ0) is 10.2. The van der Waals surface area contributed by atoms with Gasteiger partial charge in [0.25, 0.3) is 0 Å². The molecule has 0 aromatic rings. The topological polar surface area (TPSA) is 54.4 Å². The van der Waals surface area contributed by atoms with E-state index in [9.17, 15) is 9.59 Å². The molecule has 0 bridgehead atoms. The number of ketones is 1. The van der Waals surface area contributed by atoms with Gasteiger partial charge in [0.15, 0.2) is 0 Å². The SMILES string of the molecule is C=C1CC[C@@H](C(=O)C(=O)O)C1(C)C. The summed E-state index contributed by atoms with van der Waals surface area (Å²) in [4.78, 5) is 21.8. The first-order chi connectivity index (χ1) is 5.87. The third kappa shape index (κ3) is 1.50. The van der Waals surface area contributed by atoms with Gasteiger partial charge in [0.1, 0.15) is 0 Å². The van der Waals surface area contributed by atoms with Crippen LogP contribution in [0.2, 0.25) is 0 Å². The molecule has 1 atom stereocenters. The molecular weight excluding hydrogens is 168 g/mol. The lowest BCUT2D eigenvalue weighted by Crippen LogP contribution is -2.31. The van der Waals surface area contributed by atoms with Gasteiger partial charge in [-0.2, -0.15) is 0 Å². The summed E-state index contributed by atoms with van der Waals surface area (Å²) in [5.74, 6) is -2.39. The summed E-state index contributed by atoms with van der Waals surface area (Å²) in [5, 5.41) is 8.58. The fraction of sp³-hybridized carbons (Fsp3) is 0.600. The predicted octanol–water partition coefficient (Wildman–Crippen LogP) is 1.63. The molecule has 0 saturated heterocycles. The Hall–Kier alpha value is -1.12. The summed E-state index contributed by atoms with van der Waals surface area (Å²) in [6.07, 6.45) is 1.38. The first-order valence-electron chi connectivity index (χ1n) is 4.32. The number of hydrogen-bond donors (Lipinski definition) is 1. The summed E-state index contributed by atoms with van der Waals surface area (Å²) in [6, 6.07) is 0. The van der Waals surface area contributed by atoms with Crippen LogP contribution in [-0.4, -0.2) is 16.9 Å². The van der Waals surface area contributed by atoms with E-state index in [1.165, 1.54) is 0 Å². The van der Waals surface area contributed by atoms with Crippen molar-refractivity contribution in [3.8, 4) is 0 Å². The molecule has 1 aliphatic rings. The number of allylic oxidation sites excluding steroid dienone is 1. The molecule has 0 spiro atoms. The summed E-state index contributed by atoms with van der Waals surface area (Å²) in [5.41, 5.74) is 0.627. The maximum atomic E-state index is 11.3. The third-order valence-corrected chi connectivity index (χ3v) is 3.04. The number of rotatable bonds is 2.